The van der Waals surface area contributed by atoms with E-state index in [1.807, 2.05) is 0 Å². The Kier molecular flexibility index (Phi) is 3.30. The van der Waals surface area contributed by atoms with Gasteiger partial charge in [0.1, 0.15) is 5.69 Å². The number of rotatable bonds is 3. The van der Waals surface area contributed by atoms with Crippen molar-refractivity contribution in [2.45, 2.75) is 6.92 Å². The van der Waals surface area contributed by atoms with E-state index in [9.17, 15) is 10.1 Å². The molecule has 1 heterocycles. The number of aromatic nitrogens is 1. The maximum atomic E-state index is 10.5. The molecule has 0 amide bonds. The molecule has 0 atom stereocenters. The Morgan fingerprint density at radius 3 is 3.00 bits per heavy atom. The molecule has 0 aliphatic carbocycles. The van der Waals surface area contributed by atoms with E-state index in [-0.39, 0.29) is 12.3 Å². The van der Waals surface area contributed by atoms with Crippen LogP contribution in [0.1, 0.15) is 11.3 Å². The summed E-state index contributed by atoms with van der Waals surface area (Å²) in [5, 5.41) is 19.1. The molecule has 0 spiro atoms. The van der Waals surface area contributed by atoms with E-state index < -0.39 is 4.92 Å². The molecular formula is C9H10N2O3. The number of aryl methyl sites for hydroxylation is 1. The molecular weight excluding hydrogens is 184 g/mol. The second kappa shape index (κ2) is 4.48. The van der Waals surface area contributed by atoms with Crippen LogP contribution in [0.5, 0.6) is 0 Å². The van der Waals surface area contributed by atoms with Crippen molar-refractivity contribution in [3.05, 3.63) is 39.7 Å². The predicted molar refractivity (Wildman–Crippen MR) is 51.7 cm³/mol. The van der Waals surface area contributed by atoms with Crippen molar-refractivity contribution < 1.29 is 10.0 Å². The van der Waals surface area contributed by atoms with E-state index in [2.05, 4.69) is 4.98 Å². The first-order chi connectivity index (χ1) is 6.65. The topological polar surface area (TPSA) is 76.3 Å². The largest absolute Gasteiger partial charge is 0.392 e. The van der Waals surface area contributed by atoms with Gasteiger partial charge in [0.15, 0.2) is 0 Å². The highest BCUT2D eigenvalue weighted by Gasteiger charge is 2.10. The molecule has 0 radical (unpaired) electrons. The fourth-order valence-corrected chi connectivity index (χ4v) is 1.00. The Hall–Kier alpha value is -1.75. The molecule has 1 aromatic rings. The van der Waals surface area contributed by atoms with Crippen LogP contribution in [-0.2, 0) is 0 Å². The van der Waals surface area contributed by atoms with Crippen molar-refractivity contribution in [1.29, 1.82) is 0 Å². The van der Waals surface area contributed by atoms with Crippen molar-refractivity contribution in [2.24, 2.45) is 0 Å². The van der Waals surface area contributed by atoms with Crippen LogP contribution in [0, 0.1) is 17.0 Å². The lowest BCUT2D eigenvalue weighted by molar-refractivity contribution is -0.385. The number of nitro groups is 1. The van der Waals surface area contributed by atoms with E-state index >= 15 is 0 Å². The van der Waals surface area contributed by atoms with Gasteiger partial charge in [0.05, 0.1) is 11.5 Å². The van der Waals surface area contributed by atoms with Crippen LogP contribution in [-0.4, -0.2) is 21.6 Å². The van der Waals surface area contributed by atoms with Gasteiger partial charge in [-0.15, -0.1) is 0 Å². The summed E-state index contributed by atoms with van der Waals surface area (Å²) in [6.45, 7) is 1.49. The van der Waals surface area contributed by atoms with E-state index in [4.69, 9.17) is 5.11 Å². The summed E-state index contributed by atoms with van der Waals surface area (Å²) in [6.07, 6.45) is 4.60. The second-order valence-electron chi connectivity index (χ2n) is 2.72. The standard InChI is InChI=1S/C9H10N2O3/c1-7-9(11(13)14)5-8(6-10-7)3-2-4-12/h2-3,5-6,12H,4H2,1H3. The van der Waals surface area contributed by atoms with Crippen molar-refractivity contribution in [1.82, 2.24) is 4.98 Å². The zero-order valence-electron chi connectivity index (χ0n) is 7.67. The maximum Gasteiger partial charge on any atom is 0.291 e. The van der Waals surface area contributed by atoms with Crippen molar-refractivity contribution in [2.75, 3.05) is 6.61 Å². The Morgan fingerprint density at radius 1 is 1.71 bits per heavy atom. The highest BCUT2D eigenvalue weighted by atomic mass is 16.6. The molecule has 0 fully saturated rings. The number of aliphatic hydroxyl groups is 1. The number of aliphatic hydroxyl groups excluding tert-OH is 1. The molecule has 0 saturated carbocycles. The van der Waals surface area contributed by atoms with Crippen LogP contribution in [0.3, 0.4) is 0 Å². The third-order valence-electron chi connectivity index (χ3n) is 1.69. The summed E-state index contributed by atoms with van der Waals surface area (Å²) < 4.78 is 0. The first-order valence-electron chi connectivity index (χ1n) is 4.03. The molecule has 1 aromatic heterocycles. The summed E-state index contributed by atoms with van der Waals surface area (Å²) in [6, 6.07) is 1.43. The minimum atomic E-state index is -0.474. The molecule has 0 aliphatic rings. The number of pyridine rings is 1. The van der Waals surface area contributed by atoms with Crippen LogP contribution in [0.4, 0.5) is 5.69 Å². The zero-order valence-corrected chi connectivity index (χ0v) is 7.67. The summed E-state index contributed by atoms with van der Waals surface area (Å²) in [7, 11) is 0. The quantitative estimate of drug-likeness (QED) is 0.581. The fraction of sp³-hybridized carbons (Fsp3) is 0.222. The van der Waals surface area contributed by atoms with Gasteiger partial charge in [-0.3, -0.25) is 15.1 Å². The van der Waals surface area contributed by atoms with E-state index in [1.165, 1.54) is 18.3 Å². The molecule has 14 heavy (non-hydrogen) atoms. The third kappa shape index (κ3) is 2.37. The van der Waals surface area contributed by atoms with Crippen molar-refractivity contribution in [3.8, 4) is 0 Å². The molecule has 1 N–H and O–H groups in total. The van der Waals surface area contributed by atoms with Crippen LogP contribution in [0.15, 0.2) is 18.3 Å². The van der Waals surface area contributed by atoms with Gasteiger partial charge in [-0.25, -0.2) is 0 Å². The minimum absolute atomic E-state index is 0.00918. The lowest BCUT2D eigenvalue weighted by Gasteiger charge is -1.97. The molecule has 74 valence electrons. The Balaban J connectivity index is 3.06. The van der Waals surface area contributed by atoms with E-state index in [0.717, 1.165) is 0 Å². The molecule has 1 rings (SSSR count). The lowest BCUT2D eigenvalue weighted by atomic mass is 10.2. The minimum Gasteiger partial charge on any atom is -0.392 e. The smallest absolute Gasteiger partial charge is 0.291 e. The molecule has 0 bridgehead atoms. The number of nitrogens with zero attached hydrogens (tertiary/aromatic N) is 2. The van der Waals surface area contributed by atoms with Gasteiger partial charge in [-0.05, 0) is 12.5 Å². The van der Waals surface area contributed by atoms with Crippen molar-refractivity contribution >= 4 is 11.8 Å². The molecule has 0 unspecified atom stereocenters. The SMILES string of the molecule is Cc1ncc(C=CCO)cc1[N+](=O)[O-]. The van der Waals surface area contributed by atoms with Gasteiger partial charge < -0.3 is 5.11 Å². The van der Waals surface area contributed by atoms with Gasteiger partial charge >= 0.3 is 0 Å². The summed E-state index contributed by atoms with van der Waals surface area (Å²) in [5.41, 5.74) is 0.984. The highest BCUT2D eigenvalue weighted by Crippen LogP contribution is 2.17. The van der Waals surface area contributed by atoms with E-state index in [0.29, 0.717) is 11.3 Å². The molecule has 0 aromatic carbocycles. The Labute approximate surface area is 80.9 Å². The first kappa shape index (κ1) is 10.3. The van der Waals surface area contributed by atoms with Gasteiger partial charge in [-0.1, -0.05) is 12.2 Å². The van der Waals surface area contributed by atoms with Gasteiger partial charge in [-0.2, -0.15) is 0 Å². The molecule has 5 nitrogen and oxygen atoms in total. The van der Waals surface area contributed by atoms with E-state index in [1.54, 1.807) is 13.0 Å². The van der Waals surface area contributed by atoms with Crippen molar-refractivity contribution in [3.63, 3.8) is 0 Å². The Bertz CT molecular complexity index is 374. The van der Waals surface area contributed by atoms with Crippen LogP contribution in [0.25, 0.3) is 6.08 Å². The maximum absolute atomic E-state index is 10.5. The molecule has 0 saturated heterocycles. The number of hydrogen-bond acceptors (Lipinski definition) is 4. The first-order valence-corrected chi connectivity index (χ1v) is 4.03. The normalized spacial score (nSPS) is 10.7. The monoisotopic (exact) mass is 194 g/mol. The van der Waals surface area contributed by atoms with Crippen LogP contribution >= 0.6 is 0 Å². The fourth-order valence-electron chi connectivity index (χ4n) is 1.00. The summed E-state index contributed by atoms with van der Waals surface area (Å²) in [5.74, 6) is 0. The highest BCUT2D eigenvalue weighted by molar-refractivity contribution is 5.53. The third-order valence-corrected chi connectivity index (χ3v) is 1.69. The lowest BCUT2D eigenvalue weighted by Crippen LogP contribution is -1.94. The van der Waals surface area contributed by atoms with Gasteiger partial charge in [0.25, 0.3) is 5.69 Å². The Morgan fingerprint density at radius 2 is 2.43 bits per heavy atom. The molecule has 5 heteroatoms. The van der Waals surface area contributed by atoms with Crippen LogP contribution in [0.2, 0.25) is 0 Å². The van der Waals surface area contributed by atoms with Gasteiger partial charge in [0.2, 0.25) is 0 Å². The summed E-state index contributed by atoms with van der Waals surface area (Å²) >= 11 is 0. The second-order valence-corrected chi connectivity index (χ2v) is 2.72. The zero-order chi connectivity index (χ0) is 10.6. The predicted octanol–water partition coefficient (Wildman–Crippen LogP) is 1.30. The average Bonchev–Trinajstić information content (AvgIpc) is 2.16. The molecule has 0 aliphatic heterocycles. The number of hydrogen-bond donors (Lipinski definition) is 1. The van der Waals surface area contributed by atoms with Gasteiger partial charge in [0, 0.05) is 12.3 Å². The van der Waals surface area contributed by atoms with Crippen LogP contribution < -0.4 is 0 Å². The average molecular weight is 194 g/mol. The summed E-state index contributed by atoms with van der Waals surface area (Å²) in [4.78, 5) is 13.9.